The normalized spacial score (nSPS) is 13.0. The standard InChI is InChI=1S/C45H31N3O/c1-2-17-35(18-3-1)48-41-24-8-6-22-39(41)45(43-26-10-11-28-46-43,40-23-7-9-25-42(40)48)34-16-13-20-37(31-34)49-36-19-12-15-33(30-36)44-38-21-5-4-14-32(38)27-29-47-44/h1-31H. The molecule has 8 aromatic rings. The van der Waals surface area contributed by atoms with Gasteiger partial charge in [0, 0.05) is 29.0 Å². The Balaban J connectivity index is 1.21. The number of anilines is 3. The number of hydrogen-bond acceptors (Lipinski definition) is 4. The molecule has 0 fully saturated rings. The Labute approximate surface area is 285 Å². The van der Waals surface area contributed by atoms with Crippen LogP contribution in [0, 0.1) is 0 Å². The Morgan fingerprint density at radius 3 is 1.94 bits per heavy atom. The van der Waals surface area contributed by atoms with Crippen LogP contribution in [0.4, 0.5) is 17.1 Å². The van der Waals surface area contributed by atoms with E-state index in [1.807, 2.05) is 42.7 Å². The summed E-state index contributed by atoms with van der Waals surface area (Å²) in [5.74, 6) is 1.49. The molecule has 1 aliphatic heterocycles. The van der Waals surface area contributed by atoms with Gasteiger partial charge in [-0.3, -0.25) is 9.97 Å². The number of pyridine rings is 2. The Bertz CT molecular complexity index is 2390. The molecule has 0 unspecified atom stereocenters. The summed E-state index contributed by atoms with van der Waals surface area (Å²) in [5, 5.41) is 2.27. The van der Waals surface area contributed by atoms with Crippen molar-refractivity contribution >= 4 is 27.8 Å². The van der Waals surface area contributed by atoms with E-state index in [1.165, 1.54) is 0 Å². The van der Waals surface area contributed by atoms with E-state index in [0.29, 0.717) is 0 Å². The third-order valence-electron chi connectivity index (χ3n) is 9.45. The molecule has 0 amide bonds. The maximum absolute atomic E-state index is 6.67. The Morgan fingerprint density at radius 1 is 0.490 bits per heavy atom. The van der Waals surface area contributed by atoms with Crippen LogP contribution in [0.3, 0.4) is 0 Å². The number of rotatable bonds is 6. The average Bonchev–Trinajstić information content (AvgIpc) is 3.17. The second kappa shape index (κ2) is 11.9. The summed E-state index contributed by atoms with van der Waals surface area (Å²) in [5.41, 5.74) is 8.88. The van der Waals surface area contributed by atoms with E-state index in [4.69, 9.17) is 14.7 Å². The number of hydrogen-bond donors (Lipinski definition) is 0. The number of ether oxygens (including phenoxy) is 1. The molecule has 1 aliphatic rings. The molecule has 0 aliphatic carbocycles. The number of aromatic nitrogens is 2. The van der Waals surface area contributed by atoms with Crippen LogP contribution in [0.15, 0.2) is 188 Å². The lowest BCUT2D eigenvalue weighted by molar-refractivity contribution is 0.481. The van der Waals surface area contributed by atoms with Crippen LogP contribution in [0.1, 0.15) is 22.4 Å². The molecule has 6 aromatic carbocycles. The van der Waals surface area contributed by atoms with E-state index < -0.39 is 5.41 Å². The summed E-state index contributed by atoms with van der Waals surface area (Å²) >= 11 is 0. The van der Waals surface area contributed by atoms with Gasteiger partial charge in [0.1, 0.15) is 11.5 Å². The molecular formula is C45H31N3O. The molecular weight excluding hydrogens is 599 g/mol. The minimum absolute atomic E-state index is 0.714. The van der Waals surface area contributed by atoms with Gasteiger partial charge in [0.15, 0.2) is 0 Å². The van der Waals surface area contributed by atoms with Crippen molar-refractivity contribution in [3.8, 4) is 22.8 Å². The predicted molar refractivity (Wildman–Crippen MR) is 198 cm³/mol. The SMILES string of the molecule is c1ccc(N2c3ccccc3C(c3cccc(Oc4cccc(-c5nccc6ccccc56)c4)c3)(c3ccccn3)c3ccccc32)cc1. The fourth-order valence-corrected chi connectivity index (χ4v) is 7.41. The van der Waals surface area contributed by atoms with Crippen LogP contribution in [0.2, 0.25) is 0 Å². The maximum atomic E-state index is 6.67. The molecule has 0 radical (unpaired) electrons. The van der Waals surface area contributed by atoms with Crippen LogP contribution >= 0.6 is 0 Å². The largest absolute Gasteiger partial charge is 0.457 e. The van der Waals surface area contributed by atoms with Gasteiger partial charge in [-0.05, 0) is 88.8 Å². The molecule has 2 aromatic heterocycles. The first kappa shape index (κ1) is 28.7. The van der Waals surface area contributed by atoms with E-state index in [-0.39, 0.29) is 0 Å². The quantitative estimate of drug-likeness (QED) is 0.183. The Kier molecular flexibility index (Phi) is 6.98. The smallest absolute Gasteiger partial charge is 0.128 e. The van der Waals surface area contributed by atoms with Gasteiger partial charge in [-0.25, -0.2) is 0 Å². The molecule has 49 heavy (non-hydrogen) atoms. The van der Waals surface area contributed by atoms with E-state index in [2.05, 4.69) is 150 Å². The van der Waals surface area contributed by atoms with Crippen molar-refractivity contribution in [2.75, 3.05) is 4.90 Å². The second-order valence-corrected chi connectivity index (χ2v) is 12.2. The molecule has 232 valence electrons. The third kappa shape index (κ3) is 4.77. The lowest BCUT2D eigenvalue weighted by Gasteiger charge is -2.45. The second-order valence-electron chi connectivity index (χ2n) is 12.2. The minimum Gasteiger partial charge on any atom is -0.457 e. The zero-order valence-corrected chi connectivity index (χ0v) is 26.6. The van der Waals surface area contributed by atoms with Crippen LogP contribution in [-0.2, 0) is 5.41 Å². The van der Waals surface area contributed by atoms with Crippen molar-refractivity contribution in [3.05, 3.63) is 211 Å². The summed E-state index contributed by atoms with van der Waals surface area (Å²) in [6.07, 6.45) is 3.75. The van der Waals surface area contributed by atoms with Gasteiger partial charge in [-0.2, -0.15) is 0 Å². The molecule has 9 rings (SSSR count). The van der Waals surface area contributed by atoms with E-state index in [1.54, 1.807) is 0 Å². The highest BCUT2D eigenvalue weighted by Crippen LogP contribution is 2.57. The minimum atomic E-state index is -0.714. The molecule has 0 N–H and O–H groups in total. The summed E-state index contributed by atoms with van der Waals surface area (Å²) in [7, 11) is 0. The van der Waals surface area contributed by atoms with E-state index >= 15 is 0 Å². The summed E-state index contributed by atoms with van der Waals surface area (Å²) in [6.45, 7) is 0. The molecule has 0 saturated heterocycles. The lowest BCUT2D eigenvalue weighted by atomic mass is 9.64. The first-order valence-electron chi connectivity index (χ1n) is 16.5. The van der Waals surface area contributed by atoms with Gasteiger partial charge in [0.05, 0.1) is 28.2 Å². The molecule has 0 atom stereocenters. The first-order valence-corrected chi connectivity index (χ1v) is 16.5. The number of para-hydroxylation sites is 3. The fraction of sp³-hybridized carbons (Fsp3) is 0.0222. The highest BCUT2D eigenvalue weighted by atomic mass is 16.5. The van der Waals surface area contributed by atoms with Gasteiger partial charge in [0.25, 0.3) is 0 Å². The van der Waals surface area contributed by atoms with Crippen LogP contribution in [0.5, 0.6) is 11.5 Å². The monoisotopic (exact) mass is 629 g/mol. The molecule has 0 bridgehead atoms. The number of nitrogens with zero attached hydrogens (tertiary/aromatic N) is 3. The lowest BCUT2D eigenvalue weighted by Crippen LogP contribution is -2.38. The van der Waals surface area contributed by atoms with Gasteiger partial charge in [-0.15, -0.1) is 0 Å². The predicted octanol–water partition coefficient (Wildman–Crippen LogP) is 11.3. The van der Waals surface area contributed by atoms with Gasteiger partial charge in [-0.1, -0.05) is 109 Å². The van der Waals surface area contributed by atoms with E-state index in [0.717, 1.165) is 73.0 Å². The van der Waals surface area contributed by atoms with Gasteiger partial charge in [0.2, 0.25) is 0 Å². The topological polar surface area (TPSA) is 38.2 Å². The average molecular weight is 630 g/mol. The van der Waals surface area contributed by atoms with Crippen LogP contribution in [-0.4, -0.2) is 9.97 Å². The Morgan fingerprint density at radius 2 is 1.16 bits per heavy atom. The third-order valence-corrected chi connectivity index (χ3v) is 9.45. The highest BCUT2D eigenvalue weighted by Gasteiger charge is 2.47. The van der Waals surface area contributed by atoms with Crippen LogP contribution in [0.25, 0.3) is 22.0 Å². The van der Waals surface area contributed by atoms with Crippen molar-refractivity contribution in [3.63, 3.8) is 0 Å². The molecule has 4 heteroatoms. The summed E-state index contributed by atoms with van der Waals surface area (Å²) < 4.78 is 6.67. The van der Waals surface area contributed by atoms with Crippen molar-refractivity contribution in [1.29, 1.82) is 0 Å². The van der Waals surface area contributed by atoms with Crippen LogP contribution < -0.4 is 9.64 Å². The van der Waals surface area contributed by atoms with Crippen molar-refractivity contribution in [2.45, 2.75) is 5.41 Å². The Hall–Kier alpha value is -6.52. The van der Waals surface area contributed by atoms with Crippen molar-refractivity contribution in [2.24, 2.45) is 0 Å². The number of fused-ring (bicyclic) bond motifs is 3. The summed E-state index contributed by atoms with van der Waals surface area (Å²) in [6, 6.07) is 61.2. The van der Waals surface area contributed by atoms with Crippen molar-refractivity contribution < 1.29 is 4.74 Å². The van der Waals surface area contributed by atoms with Crippen molar-refractivity contribution in [1.82, 2.24) is 9.97 Å². The number of benzene rings is 6. The molecule has 0 saturated carbocycles. The van der Waals surface area contributed by atoms with Gasteiger partial charge < -0.3 is 9.64 Å². The van der Waals surface area contributed by atoms with Gasteiger partial charge >= 0.3 is 0 Å². The zero-order valence-electron chi connectivity index (χ0n) is 26.6. The molecule has 3 heterocycles. The first-order chi connectivity index (χ1) is 24.3. The maximum Gasteiger partial charge on any atom is 0.128 e. The summed E-state index contributed by atoms with van der Waals surface area (Å²) in [4.78, 5) is 12.2. The zero-order chi connectivity index (χ0) is 32.6. The fourth-order valence-electron chi connectivity index (χ4n) is 7.41. The molecule has 0 spiro atoms. The highest BCUT2D eigenvalue weighted by molar-refractivity contribution is 5.94. The molecule has 4 nitrogen and oxygen atoms in total. The van der Waals surface area contributed by atoms with E-state index in [9.17, 15) is 0 Å².